The maximum absolute atomic E-state index is 11.2. The Balaban J connectivity index is 1.66. The van der Waals surface area contributed by atoms with Gasteiger partial charge in [-0.3, -0.25) is 4.90 Å². The van der Waals surface area contributed by atoms with Crippen LogP contribution >= 0.6 is 0 Å². The minimum absolute atomic E-state index is 0.350. The maximum Gasteiger partial charge on any atom is 0.335 e. The first-order chi connectivity index (χ1) is 12.0. The zero-order chi connectivity index (χ0) is 18.0. The van der Waals surface area contributed by atoms with Crippen LogP contribution in [0.15, 0.2) is 42.5 Å². The van der Waals surface area contributed by atoms with Gasteiger partial charge in [-0.1, -0.05) is 24.3 Å². The molecule has 3 rings (SSSR count). The van der Waals surface area contributed by atoms with Gasteiger partial charge in [-0.05, 0) is 55.7 Å². The summed E-state index contributed by atoms with van der Waals surface area (Å²) in [6, 6.07) is 14.4. The number of benzene rings is 2. The Morgan fingerprint density at radius 2 is 1.72 bits per heavy atom. The average molecular weight is 338 g/mol. The number of carboxylic acids is 1. The molecule has 4 nitrogen and oxygen atoms in total. The number of rotatable bonds is 4. The number of hydrogen-bond donors (Lipinski definition) is 1. The third-order valence-corrected chi connectivity index (χ3v) is 5.33. The largest absolute Gasteiger partial charge is 0.478 e. The molecule has 2 aromatic rings. The van der Waals surface area contributed by atoms with Crippen molar-refractivity contribution in [3.8, 4) is 0 Å². The zero-order valence-corrected chi connectivity index (χ0v) is 15.2. The molecule has 0 spiro atoms. The summed E-state index contributed by atoms with van der Waals surface area (Å²) in [7, 11) is 0. The van der Waals surface area contributed by atoms with Crippen molar-refractivity contribution in [1.29, 1.82) is 0 Å². The van der Waals surface area contributed by atoms with Gasteiger partial charge in [0.25, 0.3) is 0 Å². The van der Waals surface area contributed by atoms with Gasteiger partial charge < -0.3 is 10.0 Å². The Bertz CT molecular complexity index is 764. The quantitative estimate of drug-likeness (QED) is 0.919. The minimum Gasteiger partial charge on any atom is -0.478 e. The van der Waals surface area contributed by atoms with Gasteiger partial charge in [-0.2, -0.15) is 0 Å². The summed E-state index contributed by atoms with van der Waals surface area (Å²) < 4.78 is 0. The van der Waals surface area contributed by atoms with Crippen molar-refractivity contribution in [2.45, 2.75) is 26.8 Å². The summed E-state index contributed by atoms with van der Waals surface area (Å²) in [5.41, 5.74) is 5.39. The highest BCUT2D eigenvalue weighted by molar-refractivity contribution is 5.88. The number of carbonyl (C=O) groups is 1. The van der Waals surface area contributed by atoms with E-state index in [0.29, 0.717) is 11.6 Å². The molecule has 0 bridgehead atoms. The van der Waals surface area contributed by atoms with E-state index in [1.165, 1.54) is 16.7 Å². The molecular weight excluding hydrogens is 312 g/mol. The Labute approximate surface area is 149 Å². The van der Waals surface area contributed by atoms with Crippen LogP contribution in [0.5, 0.6) is 0 Å². The number of aromatic carboxylic acids is 1. The highest BCUT2D eigenvalue weighted by atomic mass is 16.4. The molecule has 1 fully saturated rings. The Morgan fingerprint density at radius 1 is 1.00 bits per heavy atom. The molecule has 25 heavy (non-hydrogen) atoms. The molecule has 1 aliphatic rings. The Hall–Kier alpha value is -2.33. The number of aryl methyl sites for hydroxylation is 2. The van der Waals surface area contributed by atoms with E-state index in [9.17, 15) is 4.79 Å². The zero-order valence-electron chi connectivity index (χ0n) is 15.2. The molecular formula is C21H26N2O2. The lowest BCUT2D eigenvalue weighted by atomic mass is 10.0. The Morgan fingerprint density at radius 3 is 2.36 bits per heavy atom. The number of carboxylic acid groups (broad SMARTS) is 1. The third kappa shape index (κ3) is 3.85. The van der Waals surface area contributed by atoms with E-state index in [4.69, 9.17) is 5.11 Å². The van der Waals surface area contributed by atoms with E-state index in [1.807, 2.05) is 12.1 Å². The minimum atomic E-state index is -0.871. The van der Waals surface area contributed by atoms with Gasteiger partial charge in [-0.25, -0.2) is 4.79 Å². The van der Waals surface area contributed by atoms with E-state index in [-0.39, 0.29) is 0 Å². The molecule has 1 unspecified atom stereocenters. The predicted octanol–water partition coefficient (Wildman–Crippen LogP) is 3.88. The normalized spacial score (nSPS) is 16.7. The van der Waals surface area contributed by atoms with Gasteiger partial charge in [0.2, 0.25) is 0 Å². The van der Waals surface area contributed by atoms with Crippen molar-refractivity contribution in [3.63, 3.8) is 0 Å². The van der Waals surface area contributed by atoms with Crippen LogP contribution in [0.25, 0.3) is 0 Å². The highest BCUT2D eigenvalue weighted by Crippen LogP contribution is 2.25. The second-order valence-corrected chi connectivity index (χ2v) is 6.90. The summed E-state index contributed by atoms with van der Waals surface area (Å²) >= 11 is 0. The predicted molar refractivity (Wildman–Crippen MR) is 102 cm³/mol. The van der Waals surface area contributed by atoms with Crippen LogP contribution in [-0.4, -0.2) is 42.2 Å². The van der Waals surface area contributed by atoms with Crippen LogP contribution in [0.4, 0.5) is 5.69 Å². The summed E-state index contributed by atoms with van der Waals surface area (Å²) in [4.78, 5) is 15.9. The molecule has 1 heterocycles. The lowest BCUT2D eigenvalue weighted by molar-refractivity contribution is 0.0697. The first kappa shape index (κ1) is 17.5. The SMILES string of the molecule is Cc1ccc(C(C)N2CCN(c3cccc(C(=O)O)c3)CC2)cc1C. The van der Waals surface area contributed by atoms with E-state index in [2.05, 4.69) is 48.8 Å². The van der Waals surface area contributed by atoms with Gasteiger partial charge in [0.15, 0.2) is 0 Å². The molecule has 4 heteroatoms. The average Bonchev–Trinajstić information content (AvgIpc) is 2.63. The fourth-order valence-electron chi connectivity index (χ4n) is 3.44. The van der Waals surface area contributed by atoms with Crippen LogP contribution in [-0.2, 0) is 0 Å². The van der Waals surface area contributed by atoms with Crippen molar-refractivity contribution >= 4 is 11.7 Å². The molecule has 1 saturated heterocycles. The molecule has 0 radical (unpaired) electrons. The van der Waals surface area contributed by atoms with E-state index in [0.717, 1.165) is 31.9 Å². The molecule has 0 amide bonds. The van der Waals surface area contributed by atoms with Gasteiger partial charge in [-0.15, -0.1) is 0 Å². The topological polar surface area (TPSA) is 43.8 Å². The second kappa shape index (κ2) is 7.28. The summed E-state index contributed by atoms with van der Waals surface area (Å²) in [5, 5.41) is 9.16. The standard InChI is InChI=1S/C21H26N2O2/c1-15-7-8-18(13-16(15)2)17(3)22-9-11-23(12-10-22)20-6-4-5-19(14-20)21(24)25/h4-8,13-14,17H,9-12H2,1-3H3,(H,24,25). The molecule has 2 aromatic carbocycles. The molecule has 0 aliphatic carbocycles. The van der Waals surface area contributed by atoms with E-state index >= 15 is 0 Å². The van der Waals surface area contributed by atoms with Crippen LogP contribution < -0.4 is 4.90 Å². The maximum atomic E-state index is 11.2. The van der Waals surface area contributed by atoms with Gasteiger partial charge >= 0.3 is 5.97 Å². The lowest BCUT2D eigenvalue weighted by Gasteiger charge is -2.39. The molecule has 132 valence electrons. The fourth-order valence-corrected chi connectivity index (χ4v) is 3.44. The van der Waals surface area contributed by atoms with Crippen LogP contribution in [0.3, 0.4) is 0 Å². The van der Waals surface area contributed by atoms with Crippen LogP contribution in [0.2, 0.25) is 0 Å². The van der Waals surface area contributed by atoms with Gasteiger partial charge in [0, 0.05) is 37.9 Å². The Kier molecular flexibility index (Phi) is 5.09. The first-order valence-electron chi connectivity index (χ1n) is 8.85. The third-order valence-electron chi connectivity index (χ3n) is 5.33. The molecule has 1 aliphatic heterocycles. The molecule has 0 aromatic heterocycles. The van der Waals surface area contributed by atoms with Crippen molar-refractivity contribution < 1.29 is 9.90 Å². The number of anilines is 1. The van der Waals surface area contributed by atoms with Crippen LogP contribution in [0, 0.1) is 13.8 Å². The number of hydrogen-bond acceptors (Lipinski definition) is 3. The monoisotopic (exact) mass is 338 g/mol. The van der Waals surface area contributed by atoms with Gasteiger partial charge in [0.1, 0.15) is 0 Å². The first-order valence-corrected chi connectivity index (χ1v) is 8.85. The van der Waals surface area contributed by atoms with E-state index in [1.54, 1.807) is 12.1 Å². The van der Waals surface area contributed by atoms with Gasteiger partial charge in [0.05, 0.1) is 5.56 Å². The molecule has 1 atom stereocenters. The van der Waals surface area contributed by atoms with Crippen molar-refractivity contribution in [2.24, 2.45) is 0 Å². The van der Waals surface area contributed by atoms with Crippen molar-refractivity contribution in [2.75, 3.05) is 31.1 Å². The lowest BCUT2D eigenvalue weighted by Crippen LogP contribution is -2.47. The van der Waals surface area contributed by atoms with Crippen LogP contribution in [0.1, 0.15) is 40.0 Å². The summed E-state index contributed by atoms with van der Waals surface area (Å²) in [6.07, 6.45) is 0. The second-order valence-electron chi connectivity index (χ2n) is 6.90. The number of piperazine rings is 1. The summed E-state index contributed by atoms with van der Waals surface area (Å²) in [5.74, 6) is -0.871. The van der Waals surface area contributed by atoms with Crippen molar-refractivity contribution in [1.82, 2.24) is 4.90 Å². The smallest absolute Gasteiger partial charge is 0.335 e. The number of nitrogens with zero attached hydrogens (tertiary/aromatic N) is 2. The van der Waals surface area contributed by atoms with Crippen molar-refractivity contribution in [3.05, 3.63) is 64.7 Å². The fraction of sp³-hybridized carbons (Fsp3) is 0.381. The van der Waals surface area contributed by atoms with E-state index < -0.39 is 5.97 Å². The molecule has 0 saturated carbocycles. The summed E-state index contributed by atoms with van der Waals surface area (Å²) in [6.45, 7) is 10.4. The molecule has 1 N–H and O–H groups in total. The highest BCUT2D eigenvalue weighted by Gasteiger charge is 2.22.